The molecule has 0 N–H and O–H groups in total. The Morgan fingerprint density at radius 2 is 0.377 bits per heavy atom. The van der Waals surface area contributed by atoms with Gasteiger partial charge in [-0.15, -0.1) is 0 Å². The molecule has 0 unspecified atom stereocenters. The van der Waals surface area contributed by atoms with E-state index in [0.717, 1.165) is 161 Å². The van der Waals surface area contributed by atoms with Crippen LogP contribution < -0.4 is 0 Å². The molecule has 20 rings (SSSR count). The molecule has 9 heteroatoms. The summed E-state index contributed by atoms with van der Waals surface area (Å²) in [5.74, 6) is 2.60. The molecule has 114 heavy (non-hydrogen) atoms. The third-order valence-corrected chi connectivity index (χ3v) is 21.1. The van der Waals surface area contributed by atoms with Crippen LogP contribution in [0.5, 0.6) is 0 Å². The number of hydrogen-bond acceptors (Lipinski definition) is 9. The van der Waals surface area contributed by atoms with Crippen molar-refractivity contribution in [2.45, 2.75) is 13.8 Å². The van der Waals surface area contributed by atoms with E-state index in [-0.39, 0.29) is 0 Å². The number of benzene rings is 14. The van der Waals surface area contributed by atoms with E-state index in [1.807, 2.05) is 84.9 Å². The van der Waals surface area contributed by atoms with E-state index in [1.54, 1.807) is 0 Å². The molecule has 0 saturated heterocycles. The maximum absolute atomic E-state index is 5.22. The lowest BCUT2D eigenvalue weighted by Crippen LogP contribution is -2.00. The zero-order valence-corrected chi connectivity index (χ0v) is 62.6. The van der Waals surface area contributed by atoms with Crippen molar-refractivity contribution in [1.82, 2.24) is 44.9 Å². The van der Waals surface area contributed by atoms with Crippen LogP contribution in [-0.4, -0.2) is 44.9 Å². The number of rotatable bonds is 14. The van der Waals surface area contributed by atoms with Crippen LogP contribution in [0.1, 0.15) is 11.1 Å². The van der Waals surface area contributed by atoms with Crippen molar-refractivity contribution in [2.75, 3.05) is 0 Å². The van der Waals surface area contributed by atoms with Crippen LogP contribution in [0.15, 0.2) is 394 Å². The Hall–Kier alpha value is -15.2. The van der Waals surface area contributed by atoms with Gasteiger partial charge in [-0.05, 0) is 106 Å². The first kappa shape index (κ1) is 69.3. The van der Waals surface area contributed by atoms with Crippen molar-refractivity contribution < 1.29 is 0 Å². The van der Waals surface area contributed by atoms with E-state index in [1.165, 1.54) is 27.8 Å². The number of hydrogen-bond donors (Lipinski definition) is 0. The topological polar surface area (TPSA) is 116 Å². The molecule has 14 aromatic carbocycles. The molecular formula is C105H71N9. The Morgan fingerprint density at radius 3 is 0.754 bits per heavy atom. The van der Waals surface area contributed by atoms with E-state index < -0.39 is 0 Å². The molecule has 536 valence electrons. The van der Waals surface area contributed by atoms with Crippen LogP contribution in [0.4, 0.5) is 0 Å². The normalized spacial score (nSPS) is 11.2. The van der Waals surface area contributed by atoms with E-state index in [4.69, 9.17) is 44.9 Å². The second-order valence-corrected chi connectivity index (χ2v) is 28.5. The Balaban J connectivity index is 0.000000153. The van der Waals surface area contributed by atoms with Gasteiger partial charge in [-0.25, -0.2) is 44.9 Å². The Morgan fingerprint density at radius 1 is 0.140 bits per heavy atom. The summed E-state index contributed by atoms with van der Waals surface area (Å²) in [4.78, 5) is 45.7. The quantitative estimate of drug-likeness (QED) is 0.0981. The summed E-state index contributed by atoms with van der Waals surface area (Å²) in [6.07, 6.45) is 0. The smallest absolute Gasteiger partial charge is 0.164 e. The number of fused-ring (bicyclic) bond motifs is 6. The predicted molar refractivity (Wildman–Crippen MR) is 469 cm³/mol. The fourth-order valence-corrected chi connectivity index (χ4v) is 15.0. The SMILES string of the molecule is Cc1cc(-c2ccccc2)nc2c1ccc1ccc(-c3ccc(-c4ccc(-c5nc(-c6ccccc6)nc(-c6ccc(-c7ccccc7)cc6)n5)cc4)cc3)nc12.Cc1cc(-c2ccccc2)nc2c1ccc1ccc(-c3ccc(-c4cccc(-c5cc(-c6ccc(-c7ccccc7)cc6)nc(-c6ccccc6)n5)c4)cc3)nc12. The summed E-state index contributed by atoms with van der Waals surface area (Å²) in [6, 6.07) is 137. The molecular weight excluding hydrogens is 1390 g/mol. The second-order valence-electron chi connectivity index (χ2n) is 28.5. The molecule has 0 spiro atoms. The van der Waals surface area contributed by atoms with E-state index >= 15 is 0 Å². The standard InChI is InChI=1S/C53H36N4.C52H35N5/c1-35-32-48(39-14-7-3-8-15-39)55-52-46(35)30-28-42-29-31-47(54-51(42)52)40-24-22-38(23-25-40)44-18-11-19-45(33-44)50-34-49(56-53(57-50)43-16-9-4-10-17-43)41-26-20-37(21-27-41)36-12-5-2-6-13-36;1-34-33-47(39-13-7-3-8-14-39)54-49-45(34)31-29-41-30-32-46(53-48(41)49)40-23-17-37(18-24-40)38-21-27-44(28-22-38)52-56-50(42-15-9-4-10-16-42)55-51(57-52)43-25-19-36(20-26-43)35-11-5-2-6-12-35/h2-34H,1H3;2-33H,1H3. The number of pyridine rings is 4. The van der Waals surface area contributed by atoms with Crippen LogP contribution in [0, 0.1) is 13.8 Å². The maximum atomic E-state index is 5.22. The minimum atomic E-state index is 0.628. The Kier molecular flexibility index (Phi) is 18.7. The summed E-state index contributed by atoms with van der Waals surface area (Å²) >= 11 is 0. The summed E-state index contributed by atoms with van der Waals surface area (Å²) in [5, 5.41) is 4.38. The van der Waals surface area contributed by atoms with E-state index in [9.17, 15) is 0 Å². The van der Waals surface area contributed by atoms with Crippen molar-refractivity contribution in [3.8, 4) is 158 Å². The zero-order valence-electron chi connectivity index (χ0n) is 62.6. The number of nitrogens with zero attached hydrogens (tertiary/aromatic N) is 9. The van der Waals surface area contributed by atoms with Gasteiger partial charge in [0.25, 0.3) is 0 Å². The van der Waals surface area contributed by atoms with Crippen molar-refractivity contribution in [3.63, 3.8) is 0 Å². The molecule has 0 amide bonds. The molecule has 0 saturated carbocycles. The largest absolute Gasteiger partial charge is 0.245 e. The van der Waals surface area contributed by atoms with Crippen LogP contribution in [0.2, 0.25) is 0 Å². The summed E-state index contributed by atoms with van der Waals surface area (Å²) in [5.41, 5.74) is 30.8. The molecule has 0 bridgehead atoms. The highest BCUT2D eigenvalue weighted by molar-refractivity contribution is 6.07. The van der Waals surface area contributed by atoms with Gasteiger partial charge >= 0.3 is 0 Å². The summed E-state index contributed by atoms with van der Waals surface area (Å²) in [7, 11) is 0. The van der Waals surface area contributed by atoms with E-state index in [0.29, 0.717) is 23.3 Å². The molecule has 0 aliphatic carbocycles. The zero-order chi connectivity index (χ0) is 76.3. The lowest BCUT2D eigenvalue weighted by atomic mass is 9.98. The van der Waals surface area contributed by atoms with Crippen molar-refractivity contribution in [2.24, 2.45) is 0 Å². The monoisotopic (exact) mass is 1460 g/mol. The lowest BCUT2D eigenvalue weighted by molar-refractivity contribution is 1.07. The van der Waals surface area contributed by atoms with Gasteiger partial charge in [0, 0.05) is 77.2 Å². The summed E-state index contributed by atoms with van der Waals surface area (Å²) in [6.45, 7) is 4.29. The Labute approximate surface area is 661 Å². The van der Waals surface area contributed by atoms with Gasteiger partial charge in [0.2, 0.25) is 0 Å². The van der Waals surface area contributed by atoms with Crippen LogP contribution in [0.3, 0.4) is 0 Å². The molecule has 20 aromatic rings. The molecule has 0 aliphatic heterocycles. The minimum absolute atomic E-state index is 0.628. The number of aryl methyl sites for hydroxylation is 2. The van der Waals surface area contributed by atoms with Gasteiger partial charge in [0.05, 0.1) is 56.2 Å². The summed E-state index contributed by atoms with van der Waals surface area (Å²) < 4.78 is 0. The Bertz CT molecular complexity index is 6900. The fraction of sp³-hybridized carbons (Fsp3) is 0.0190. The highest BCUT2D eigenvalue weighted by Crippen LogP contribution is 2.38. The lowest BCUT2D eigenvalue weighted by Gasteiger charge is -2.12. The van der Waals surface area contributed by atoms with E-state index in [2.05, 4.69) is 323 Å². The predicted octanol–water partition coefficient (Wildman–Crippen LogP) is 26.5. The van der Waals surface area contributed by atoms with Gasteiger partial charge in [0.15, 0.2) is 23.3 Å². The van der Waals surface area contributed by atoms with Gasteiger partial charge in [-0.1, -0.05) is 358 Å². The third kappa shape index (κ3) is 14.4. The van der Waals surface area contributed by atoms with Gasteiger partial charge in [-0.3, -0.25) is 0 Å². The first-order valence-electron chi connectivity index (χ1n) is 38.3. The molecule has 0 aliphatic rings. The second kappa shape index (κ2) is 30.7. The highest BCUT2D eigenvalue weighted by Gasteiger charge is 2.19. The molecule has 6 aromatic heterocycles. The molecule has 0 atom stereocenters. The van der Waals surface area contributed by atoms with Crippen molar-refractivity contribution in [1.29, 1.82) is 0 Å². The molecule has 9 nitrogen and oxygen atoms in total. The van der Waals surface area contributed by atoms with Gasteiger partial charge in [-0.2, -0.15) is 0 Å². The van der Waals surface area contributed by atoms with Crippen molar-refractivity contribution >= 4 is 43.6 Å². The van der Waals surface area contributed by atoms with Crippen LogP contribution in [0.25, 0.3) is 201 Å². The first-order chi connectivity index (χ1) is 56.2. The molecule has 6 heterocycles. The number of aromatic nitrogens is 9. The van der Waals surface area contributed by atoms with Gasteiger partial charge < -0.3 is 0 Å². The third-order valence-electron chi connectivity index (χ3n) is 21.1. The maximum Gasteiger partial charge on any atom is 0.164 e. The minimum Gasteiger partial charge on any atom is -0.245 e. The average molecular weight is 1460 g/mol. The molecule has 0 radical (unpaired) electrons. The molecule has 0 fully saturated rings. The fourth-order valence-electron chi connectivity index (χ4n) is 15.0. The first-order valence-corrected chi connectivity index (χ1v) is 38.3. The average Bonchev–Trinajstić information content (AvgIpc) is 0.758. The van der Waals surface area contributed by atoms with Crippen LogP contribution in [-0.2, 0) is 0 Å². The van der Waals surface area contributed by atoms with Crippen molar-refractivity contribution in [3.05, 3.63) is 405 Å². The highest BCUT2D eigenvalue weighted by atomic mass is 15.0. The van der Waals surface area contributed by atoms with Gasteiger partial charge in [0.1, 0.15) is 0 Å². The van der Waals surface area contributed by atoms with Crippen LogP contribution >= 0.6 is 0 Å².